The number of benzene rings is 6. The van der Waals surface area contributed by atoms with Crippen molar-refractivity contribution in [3.8, 4) is 0 Å². The Kier molecular flexibility index (Phi) is 114. The first-order valence-electron chi connectivity index (χ1n) is 32.8. The van der Waals surface area contributed by atoms with Gasteiger partial charge in [0.05, 0.1) is 13.2 Å². The van der Waals surface area contributed by atoms with Gasteiger partial charge in [0.2, 0.25) is 0 Å². The van der Waals surface area contributed by atoms with Gasteiger partial charge >= 0.3 is 29.6 Å². The zero-order valence-corrected chi connectivity index (χ0v) is 77.5. The molecule has 0 aromatic heterocycles. The molecule has 24 heteroatoms. The van der Waals surface area contributed by atoms with Crippen molar-refractivity contribution < 1.29 is 50.8 Å². The van der Waals surface area contributed by atoms with Gasteiger partial charge in [0.1, 0.15) is 12.6 Å². The van der Waals surface area contributed by atoms with Gasteiger partial charge in [-0.1, -0.05) is 142 Å². The number of halogens is 7. The predicted molar refractivity (Wildman–Crippen MR) is 470 cm³/mol. The number of aliphatic hydroxyl groups excluding tert-OH is 2. The van der Waals surface area contributed by atoms with Gasteiger partial charge in [0.15, 0.2) is 0 Å². The summed E-state index contributed by atoms with van der Waals surface area (Å²) in [6.45, 7) is 26.7. The van der Waals surface area contributed by atoms with Gasteiger partial charge in [-0.05, 0) is 180 Å². The van der Waals surface area contributed by atoms with Crippen LogP contribution >= 0.6 is 156 Å². The van der Waals surface area contributed by atoms with E-state index >= 15 is 0 Å². The van der Waals surface area contributed by atoms with Crippen LogP contribution in [0.15, 0.2) is 175 Å². The van der Waals surface area contributed by atoms with Gasteiger partial charge in [-0.3, -0.25) is 9.59 Å². The zero-order chi connectivity index (χ0) is 73.6. The van der Waals surface area contributed by atoms with Crippen molar-refractivity contribution in [2.75, 3.05) is 158 Å². The number of rotatable bonds is 28. The average molecular weight is 1660 g/mol. The molecule has 10 nitrogen and oxygen atoms in total. The molecule has 0 fully saturated rings. The minimum atomic E-state index is 0. The molecule has 6 aromatic rings. The SMILES string of the molecule is CC.CC.CC.CC.CC.CN(C)CCCl.CN(C)CCSc1ccc(C=O)cc1.CN(C)CCSc1ccc(CCl)cc1.CN(C)CCSc1ccc(CCl)cc1.CN(C)CCSc1ccc(CO)cc1.CN(C)CCSc1ccc(CO)cc1.Cl.Cl.Cl.Cl.O=Cc1ccc(S)cc1.[H-].[Na+]. The largest absolute Gasteiger partial charge is 1.00 e. The number of thiol groups is 1. The summed E-state index contributed by atoms with van der Waals surface area (Å²) in [4.78, 5) is 40.7. The molecule has 0 saturated heterocycles. The maximum atomic E-state index is 10.4. The summed E-state index contributed by atoms with van der Waals surface area (Å²) in [5.41, 5.74) is 5.74. The number of alkyl halides is 3. The molecule has 100 heavy (non-hydrogen) atoms. The fourth-order valence-corrected chi connectivity index (χ4v) is 11.8. The molecule has 0 aliphatic rings. The third-order valence-electron chi connectivity index (χ3n) is 11.0. The van der Waals surface area contributed by atoms with Crippen LogP contribution in [0, 0.1) is 0 Å². The van der Waals surface area contributed by atoms with E-state index < -0.39 is 0 Å². The van der Waals surface area contributed by atoms with E-state index in [0.29, 0.717) is 17.3 Å². The molecule has 0 saturated carbocycles. The monoisotopic (exact) mass is 1650 g/mol. The topological polar surface area (TPSA) is 94.0 Å². The van der Waals surface area contributed by atoms with Crippen LogP contribution in [0.25, 0.3) is 0 Å². The Morgan fingerprint density at radius 2 is 0.510 bits per heavy atom. The summed E-state index contributed by atoms with van der Waals surface area (Å²) in [7, 11) is 24.8. The molecule has 0 bridgehead atoms. The summed E-state index contributed by atoms with van der Waals surface area (Å²) in [6.07, 6.45) is 1.68. The molecule has 0 heterocycles. The number of aldehydes is 2. The Hall–Kier alpha value is -0.530. The summed E-state index contributed by atoms with van der Waals surface area (Å²) in [5.74, 6) is 7.48. The van der Waals surface area contributed by atoms with Crippen molar-refractivity contribution >= 4 is 168 Å². The average Bonchev–Trinajstić information content (AvgIpc) is 1.33. The first-order chi connectivity index (χ1) is 45.7. The smallest absolute Gasteiger partial charge is 1.00 e. The first-order valence-corrected chi connectivity index (χ1v) is 39.8. The van der Waals surface area contributed by atoms with Crippen LogP contribution in [-0.4, -0.2) is 211 Å². The van der Waals surface area contributed by atoms with Crippen LogP contribution in [0.1, 0.15) is 114 Å². The Morgan fingerprint density at radius 3 is 0.660 bits per heavy atom. The van der Waals surface area contributed by atoms with E-state index in [2.05, 4.69) is 180 Å². The summed E-state index contributed by atoms with van der Waals surface area (Å²) < 4.78 is 0. The molecule has 0 radical (unpaired) electrons. The van der Waals surface area contributed by atoms with Gasteiger partial charge in [-0.2, -0.15) is 0 Å². The van der Waals surface area contributed by atoms with E-state index in [-0.39, 0.29) is 93.8 Å². The Labute approximate surface area is 702 Å². The Morgan fingerprint density at radius 1 is 0.330 bits per heavy atom. The minimum absolute atomic E-state index is 0. The van der Waals surface area contributed by atoms with Crippen molar-refractivity contribution in [3.63, 3.8) is 0 Å². The summed E-state index contributed by atoms with van der Waals surface area (Å²) in [5, 5.41) is 17.7. The predicted octanol–water partition coefficient (Wildman–Crippen LogP) is 18.5. The van der Waals surface area contributed by atoms with E-state index in [0.717, 1.165) is 108 Å². The van der Waals surface area contributed by atoms with Crippen LogP contribution in [0.2, 0.25) is 0 Å². The second-order valence-corrected chi connectivity index (χ2v) is 27.6. The van der Waals surface area contributed by atoms with Crippen molar-refractivity contribution in [2.24, 2.45) is 0 Å². The molecule has 0 aliphatic carbocycles. The van der Waals surface area contributed by atoms with Crippen molar-refractivity contribution in [1.29, 1.82) is 0 Å². The van der Waals surface area contributed by atoms with Crippen LogP contribution in [0.5, 0.6) is 0 Å². The summed E-state index contributed by atoms with van der Waals surface area (Å²) >= 11 is 30.1. The number of nitrogens with zero attached hydrogens (tertiary/aromatic N) is 6. The number of carbonyl (C=O) groups excluding carboxylic acids is 2. The van der Waals surface area contributed by atoms with Gasteiger partial charge in [0.25, 0.3) is 0 Å². The molecule has 0 unspecified atom stereocenters. The third kappa shape index (κ3) is 83.1. The zero-order valence-electron chi connectivity index (χ0n) is 66.0. The maximum absolute atomic E-state index is 10.4. The van der Waals surface area contributed by atoms with Crippen LogP contribution < -0.4 is 29.6 Å². The van der Waals surface area contributed by atoms with Gasteiger partial charge in [-0.15, -0.1) is 156 Å². The van der Waals surface area contributed by atoms with Crippen LogP contribution in [0.3, 0.4) is 0 Å². The quantitative estimate of drug-likeness (QED) is 0.0143. The standard InChI is InChI=1S/2C11H16ClNS.2C11H17NOS.C11H15NOS.C7H6OS.C4H10ClN.5C2H6.4ClH.Na.H/c2*1-13(2)7-8-14-11-5-3-10(9-12)4-6-11;3*1-12(2)7-8-14-11-5-3-10(9-13)4-6-11;8-5-6-1-3-7(9)4-2-6;1-6(2)4-3-5;5*1-2;;;;;;/h2*3-6H,7-9H2,1-2H3;2*3-6,13H,7-9H2,1-2H3;3-6,9H,7-8H2,1-2H3;1-5,9H;3-4H2,1-2H3;5*1-2H3;4*1H;;/q;;;;;;;;;;;;;;;;+1;-1. The molecule has 0 spiro atoms. The van der Waals surface area contributed by atoms with Crippen molar-refractivity contribution in [2.45, 2.75) is 124 Å². The Bertz CT molecular complexity index is 2310. The third-order valence-corrected chi connectivity index (χ3v) is 17.0. The second-order valence-electron chi connectivity index (χ2n) is 20.3. The van der Waals surface area contributed by atoms with E-state index in [4.69, 9.17) is 45.0 Å². The van der Waals surface area contributed by atoms with E-state index in [1.54, 1.807) is 24.3 Å². The van der Waals surface area contributed by atoms with Gasteiger partial charge in [0, 0.05) is 126 Å². The number of carbonyl (C=O) groups is 2. The molecule has 0 aliphatic heterocycles. The van der Waals surface area contributed by atoms with Crippen LogP contribution in [-0.2, 0) is 25.0 Å². The first kappa shape index (κ1) is 123. The molecular weight excluding hydrogens is 1520 g/mol. The number of aliphatic hydroxyl groups is 2. The van der Waals surface area contributed by atoms with E-state index in [1.807, 2.05) is 196 Å². The molecule has 576 valence electrons. The van der Waals surface area contributed by atoms with E-state index in [1.165, 1.54) is 35.6 Å². The van der Waals surface area contributed by atoms with Crippen molar-refractivity contribution in [3.05, 3.63) is 179 Å². The molecule has 0 atom stereocenters. The number of hydrogen-bond acceptors (Lipinski definition) is 16. The normalized spacial score (nSPS) is 9.26. The fraction of sp³-hybridized carbons (Fsp3) is 0.500. The molecule has 0 amide bonds. The Balaban J connectivity index is -0.0000000895. The minimum Gasteiger partial charge on any atom is -1.00 e. The summed E-state index contributed by atoms with van der Waals surface area (Å²) in [6, 6.07) is 47.7. The maximum Gasteiger partial charge on any atom is 1.00 e. The second kappa shape index (κ2) is 92.7. The molecule has 6 rings (SSSR count). The fourth-order valence-electron chi connectivity index (χ4n) is 5.83. The van der Waals surface area contributed by atoms with Crippen LogP contribution in [0.4, 0.5) is 0 Å². The van der Waals surface area contributed by atoms with Gasteiger partial charge in [-0.25, -0.2) is 0 Å². The number of thioether (sulfide) groups is 5. The number of hydrogen-bond donors (Lipinski definition) is 3. The van der Waals surface area contributed by atoms with E-state index in [9.17, 15) is 9.59 Å². The van der Waals surface area contributed by atoms with Crippen molar-refractivity contribution in [1.82, 2.24) is 29.4 Å². The van der Waals surface area contributed by atoms with Gasteiger partial charge < -0.3 is 41.0 Å². The molecule has 2 N–H and O–H groups in total. The molecule has 6 aromatic carbocycles. The molecular formula is C76H132Cl7N6NaO4S6.